The summed E-state index contributed by atoms with van der Waals surface area (Å²) in [5.41, 5.74) is 3.30. The lowest BCUT2D eigenvalue weighted by molar-refractivity contribution is -0.119. The number of hydrogen-bond donors (Lipinski definition) is 1. The molecule has 0 aliphatic rings. The summed E-state index contributed by atoms with van der Waals surface area (Å²) in [6.07, 6.45) is 0. The summed E-state index contributed by atoms with van der Waals surface area (Å²) in [6.45, 7) is 5.15. The van der Waals surface area contributed by atoms with Crippen LogP contribution in [0.15, 0.2) is 53.3 Å². The predicted octanol–water partition coefficient (Wildman–Crippen LogP) is 3.36. The van der Waals surface area contributed by atoms with Crippen molar-refractivity contribution in [3.8, 4) is 0 Å². The Hall–Kier alpha value is -4.01. The van der Waals surface area contributed by atoms with E-state index in [4.69, 9.17) is 0 Å². The molecule has 32 heavy (non-hydrogen) atoms. The molecule has 0 saturated carbocycles. The van der Waals surface area contributed by atoms with Crippen molar-refractivity contribution >= 4 is 28.9 Å². The van der Waals surface area contributed by atoms with E-state index in [1.165, 1.54) is 15.4 Å². The maximum absolute atomic E-state index is 13.6. The van der Waals surface area contributed by atoms with Gasteiger partial charge in [-0.2, -0.15) is 0 Å². The maximum atomic E-state index is 13.6. The first-order valence-electron chi connectivity index (χ1n) is 10.1. The highest BCUT2D eigenvalue weighted by molar-refractivity contribution is 5.92. The number of rotatable bonds is 5. The molecule has 0 saturated heterocycles. The molecule has 0 aliphatic heterocycles. The Morgan fingerprint density at radius 1 is 1.12 bits per heavy atom. The van der Waals surface area contributed by atoms with E-state index in [0.29, 0.717) is 22.6 Å². The van der Waals surface area contributed by atoms with Gasteiger partial charge in [0.15, 0.2) is 5.65 Å². The minimum atomic E-state index is -0.500. The first-order valence-corrected chi connectivity index (χ1v) is 10.1. The molecule has 1 N–H and O–H groups in total. The van der Waals surface area contributed by atoms with Gasteiger partial charge in [0.1, 0.15) is 12.4 Å². The average Bonchev–Trinajstić information content (AvgIpc) is 3.05. The Kier molecular flexibility index (Phi) is 5.48. The van der Waals surface area contributed by atoms with Crippen LogP contribution >= 0.6 is 0 Å². The third-order valence-electron chi connectivity index (χ3n) is 5.16. The quantitative estimate of drug-likeness (QED) is 0.521. The van der Waals surface area contributed by atoms with Crippen LogP contribution in [0.1, 0.15) is 16.8 Å². The number of benzene rings is 2. The molecule has 9 heteroatoms. The van der Waals surface area contributed by atoms with Gasteiger partial charge in [-0.1, -0.05) is 12.1 Å². The summed E-state index contributed by atoms with van der Waals surface area (Å²) >= 11 is 0. The lowest BCUT2D eigenvalue weighted by Gasteiger charge is -2.17. The van der Waals surface area contributed by atoms with E-state index in [2.05, 4.69) is 15.4 Å². The number of carbonyl (C=O) groups is 1. The lowest BCUT2D eigenvalue weighted by Crippen LogP contribution is -2.34. The SMILES string of the molecule is Cc1cccc(N(C)C(=O)Cn2nc3cc(C)nc(Nc4ccc(F)c(C)c4)n3c2=O)c1. The second kappa shape index (κ2) is 8.26. The first kappa shape index (κ1) is 21.2. The van der Waals surface area contributed by atoms with Crippen LogP contribution in [-0.4, -0.2) is 32.1 Å². The van der Waals surface area contributed by atoms with Gasteiger partial charge >= 0.3 is 5.69 Å². The topological polar surface area (TPSA) is 84.5 Å². The second-order valence-corrected chi connectivity index (χ2v) is 7.74. The van der Waals surface area contributed by atoms with Crippen molar-refractivity contribution in [2.75, 3.05) is 17.3 Å². The number of nitrogens with one attached hydrogen (secondary N) is 1. The molecule has 0 spiro atoms. The van der Waals surface area contributed by atoms with E-state index in [1.54, 1.807) is 39.1 Å². The van der Waals surface area contributed by atoms with Crippen LogP contribution in [0.2, 0.25) is 0 Å². The summed E-state index contributed by atoms with van der Waals surface area (Å²) in [5.74, 6) is -0.365. The van der Waals surface area contributed by atoms with Gasteiger partial charge < -0.3 is 10.2 Å². The maximum Gasteiger partial charge on any atom is 0.353 e. The Morgan fingerprint density at radius 2 is 1.91 bits per heavy atom. The van der Waals surface area contributed by atoms with Gasteiger partial charge in [-0.25, -0.2) is 23.3 Å². The van der Waals surface area contributed by atoms with E-state index >= 15 is 0 Å². The number of carbonyl (C=O) groups excluding carboxylic acids is 1. The van der Waals surface area contributed by atoms with E-state index in [0.717, 1.165) is 15.9 Å². The minimum Gasteiger partial charge on any atom is -0.325 e. The van der Waals surface area contributed by atoms with Crippen molar-refractivity contribution < 1.29 is 9.18 Å². The molecule has 4 rings (SSSR count). The molecule has 0 aliphatic carbocycles. The lowest BCUT2D eigenvalue weighted by atomic mass is 10.2. The molecular formula is C23H23FN6O2. The third kappa shape index (κ3) is 4.09. The van der Waals surface area contributed by atoms with Gasteiger partial charge in [0, 0.05) is 30.2 Å². The molecule has 2 aromatic carbocycles. The second-order valence-electron chi connectivity index (χ2n) is 7.74. The largest absolute Gasteiger partial charge is 0.353 e. The van der Waals surface area contributed by atoms with Gasteiger partial charge in [0.2, 0.25) is 11.9 Å². The van der Waals surface area contributed by atoms with Gasteiger partial charge in [0.05, 0.1) is 0 Å². The Morgan fingerprint density at radius 3 is 2.62 bits per heavy atom. The summed E-state index contributed by atoms with van der Waals surface area (Å²) in [6, 6.07) is 13.7. The fraction of sp³-hybridized carbons (Fsp3) is 0.217. The number of halogens is 1. The summed E-state index contributed by atoms with van der Waals surface area (Å²) in [7, 11) is 1.66. The van der Waals surface area contributed by atoms with Gasteiger partial charge in [-0.3, -0.25) is 4.79 Å². The molecule has 164 valence electrons. The summed E-state index contributed by atoms with van der Waals surface area (Å²) in [5, 5.41) is 7.37. The van der Waals surface area contributed by atoms with Crippen LogP contribution in [-0.2, 0) is 11.3 Å². The number of amides is 1. The zero-order valence-electron chi connectivity index (χ0n) is 18.3. The monoisotopic (exact) mass is 434 g/mol. The van der Waals surface area contributed by atoms with Crippen molar-refractivity contribution in [2.24, 2.45) is 0 Å². The predicted molar refractivity (Wildman–Crippen MR) is 121 cm³/mol. The average molecular weight is 434 g/mol. The molecule has 1 amide bonds. The zero-order valence-corrected chi connectivity index (χ0v) is 18.3. The highest BCUT2D eigenvalue weighted by Gasteiger charge is 2.18. The highest BCUT2D eigenvalue weighted by atomic mass is 19.1. The van der Waals surface area contributed by atoms with Crippen molar-refractivity contribution in [1.82, 2.24) is 19.2 Å². The number of likely N-dealkylation sites (N-methyl/N-ethyl adjacent to an activating group) is 1. The number of hydrogen-bond acceptors (Lipinski definition) is 5. The molecule has 0 radical (unpaired) electrons. The van der Waals surface area contributed by atoms with E-state index in [1.807, 2.05) is 31.2 Å². The van der Waals surface area contributed by atoms with Gasteiger partial charge in [0.25, 0.3) is 0 Å². The number of nitrogens with zero attached hydrogens (tertiary/aromatic N) is 5. The van der Waals surface area contributed by atoms with Crippen molar-refractivity contribution in [3.63, 3.8) is 0 Å². The molecule has 2 heterocycles. The highest BCUT2D eigenvalue weighted by Crippen LogP contribution is 2.19. The van der Waals surface area contributed by atoms with Gasteiger partial charge in [-0.15, -0.1) is 5.10 Å². The minimum absolute atomic E-state index is 0.223. The smallest absolute Gasteiger partial charge is 0.325 e. The molecule has 0 bridgehead atoms. The van der Waals surface area contributed by atoms with E-state index in [9.17, 15) is 14.0 Å². The number of fused-ring (bicyclic) bond motifs is 1. The van der Waals surface area contributed by atoms with Crippen molar-refractivity contribution in [2.45, 2.75) is 27.3 Å². The number of aryl methyl sites for hydroxylation is 3. The van der Waals surface area contributed by atoms with E-state index < -0.39 is 5.69 Å². The molecule has 0 unspecified atom stereocenters. The van der Waals surface area contributed by atoms with Gasteiger partial charge in [-0.05, 0) is 62.2 Å². The van der Waals surface area contributed by atoms with Crippen LogP contribution in [0.25, 0.3) is 5.65 Å². The number of aromatic nitrogens is 4. The Labute approximate surface area is 183 Å². The normalized spacial score (nSPS) is 11.0. The summed E-state index contributed by atoms with van der Waals surface area (Å²) in [4.78, 5) is 31.8. The molecule has 0 atom stereocenters. The van der Waals surface area contributed by atoms with Crippen molar-refractivity contribution in [3.05, 3.63) is 81.7 Å². The molecule has 0 fully saturated rings. The van der Waals surface area contributed by atoms with Crippen molar-refractivity contribution in [1.29, 1.82) is 0 Å². The molecule has 2 aromatic heterocycles. The Balaban J connectivity index is 1.67. The summed E-state index contributed by atoms with van der Waals surface area (Å²) < 4.78 is 16.0. The first-order chi connectivity index (χ1) is 15.2. The molecule has 8 nitrogen and oxygen atoms in total. The standard InChI is InChI=1S/C23H23FN6O2/c1-14-6-5-7-18(10-14)28(4)21(31)13-29-23(32)30-20(27-29)12-16(3)25-22(30)26-17-8-9-19(24)15(2)11-17/h5-12H,13H2,1-4H3,(H,25,26). The third-order valence-corrected chi connectivity index (χ3v) is 5.16. The van der Waals surface area contributed by atoms with E-state index in [-0.39, 0.29) is 24.2 Å². The van der Waals surface area contributed by atoms with Crippen LogP contribution < -0.4 is 15.9 Å². The molecular weight excluding hydrogens is 411 g/mol. The Bertz CT molecular complexity index is 1390. The van der Waals surface area contributed by atoms with Crippen LogP contribution in [0.4, 0.5) is 21.7 Å². The van der Waals surface area contributed by atoms with Crippen LogP contribution in [0.3, 0.4) is 0 Å². The van der Waals surface area contributed by atoms with Crippen LogP contribution in [0.5, 0.6) is 0 Å². The number of anilines is 3. The zero-order chi connectivity index (χ0) is 23.0. The fourth-order valence-electron chi connectivity index (χ4n) is 3.41. The molecule has 4 aromatic rings. The fourth-order valence-corrected chi connectivity index (χ4v) is 3.41. The van der Waals surface area contributed by atoms with Crippen LogP contribution in [0, 0.1) is 26.6 Å².